The van der Waals surface area contributed by atoms with E-state index in [1.165, 1.54) is 56.4 Å². The maximum Gasteiger partial charge on any atom is 0.0842 e. The van der Waals surface area contributed by atoms with E-state index in [9.17, 15) is 0 Å². The zero-order valence-corrected chi connectivity index (χ0v) is 19.6. The molecule has 29 heavy (non-hydrogen) atoms. The summed E-state index contributed by atoms with van der Waals surface area (Å²) >= 11 is 6.38. The minimum absolute atomic E-state index is 0.136. The van der Waals surface area contributed by atoms with Gasteiger partial charge in [0.2, 0.25) is 0 Å². The summed E-state index contributed by atoms with van der Waals surface area (Å²) < 4.78 is 0. The molecule has 1 aliphatic heterocycles. The largest absolute Gasteiger partial charge is 0.365 e. The van der Waals surface area contributed by atoms with Crippen LogP contribution in [0.15, 0.2) is 30.3 Å². The molecule has 2 aliphatic carbocycles. The number of piperidine rings is 1. The minimum Gasteiger partial charge on any atom is -0.365 e. The SMILES string of the molecule is CCCC1(C(=S)N2CC[C@H](N)C(C)(C)C2)CC2CCC[C@@](c3ccccc3)(C2)C1. The van der Waals surface area contributed by atoms with Gasteiger partial charge in [0, 0.05) is 24.5 Å². The Bertz CT molecular complexity index is 729. The van der Waals surface area contributed by atoms with Crippen molar-refractivity contribution in [2.45, 2.75) is 90.0 Å². The van der Waals surface area contributed by atoms with Gasteiger partial charge in [-0.25, -0.2) is 0 Å². The quantitative estimate of drug-likeness (QED) is 0.608. The fourth-order valence-corrected chi connectivity index (χ4v) is 7.48. The highest BCUT2D eigenvalue weighted by Gasteiger charge is 2.53. The average Bonchev–Trinajstić information content (AvgIpc) is 2.70. The molecule has 1 heterocycles. The van der Waals surface area contributed by atoms with Crippen molar-refractivity contribution in [3.63, 3.8) is 0 Å². The van der Waals surface area contributed by atoms with Crippen LogP contribution in [0.2, 0.25) is 0 Å². The summed E-state index contributed by atoms with van der Waals surface area (Å²) in [6.07, 6.45) is 11.5. The highest BCUT2D eigenvalue weighted by molar-refractivity contribution is 7.80. The lowest BCUT2D eigenvalue weighted by atomic mass is 9.50. The second-order valence-corrected chi connectivity index (χ2v) is 11.5. The van der Waals surface area contributed by atoms with Crippen molar-refractivity contribution in [3.8, 4) is 0 Å². The number of hydrogen-bond acceptors (Lipinski definition) is 2. The number of rotatable bonds is 4. The molecule has 1 aromatic carbocycles. The molecule has 0 spiro atoms. The Morgan fingerprint density at radius 1 is 1.17 bits per heavy atom. The molecule has 1 saturated heterocycles. The van der Waals surface area contributed by atoms with Crippen molar-refractivity contribution in [1.29, 1.82) is 0 Å². The van der Waals surface area contributed by atoms with Crippen LogP contribution in [0.3, 0.4) is 0 Å². The molecule has 3 fully saturated rings. The Morgan fingerprint density at radius 3 is 2.62 bits per heavy atom. The molecule has 2 bridgehead atoms. The minimum atomic E-state index is 0.136. The van der Waals surface area contributed by atoms with E-state index >= 15 is 0 Å². The first-order valence-electron chi connectivity index (χ1n) is 11.9. The molecule has 3 heteroatoms. The van der Waals surface area contributed by atoms with Gasteiger partial charge in [0.05, 0.1) is 4.99 Å². The predicted octanol–water partition coefficient (Wildman–Crippen LogP) is 6.08. The Labute approximate surface area is 183 Å². The number of likely N-dealkylation sites (tertiary alicyclic amines) is 1. The molecule has 2 N–H and O–H groups in total. The van der Waals surface area contributed by atoms with E-state index in [-0.39, 0.29) is 16.9 Å². The van der Waals surface area contributed by atoms with Gasteiger partial charge in [0.15, 0.2) is 0 Å². The van der Waals surface area contributed by atoms with Crippen molar-refractivity contribution < 1.29 is 0 Å². The van der Waals surface area contributed by atoms with Crippen LogP contribution in [0.1, 0.15) is 84.1 Å². The van der Waals surface area contributed by atoms with Gasteiger partial charge in [-0.3, -0.25) is 0 Å². The third-order valence-corrected chi connectivity index (χ3v) is 9.16. The molecule has 3 aliphatic rings. The van der Waals surface area contributed by atoms with Crippen LogP contribution in [-0.2, 0) is 5.41 Å². The normalized spacial score (nSPS) is 36.6. The van der Waals surface area contributed by atoms with Gasteiger partial charge in [-0.2, -0.15) is 0 Å². The topological polar surface area (TPSA) is 29.3 Å². The third-order valence-electron chi connectivity index (χ3n) is 8.47. The van der Waals surface area contributed by atoms with E-state index in [0.29, 0.717) is 5.41 Å². The van der Waals surface area contributed by atoms with Crippen LogP contribution in [-0.4, -0.2) is 29.0 Å². The van der Waals surface area contributed by atoms with Crippen LogP contribution in [0, 0.1) is 16.7 Å². The number of thiocarbonyl (C=S) groups is 1. The van der Waals surface area contributed by atoms with Gasteiger partial charge >= 0.3 is 0 Å². The first-order chi connectivity index (χ1) is 13.8. The van der Waals surface area contributed by atoms with E-state index in [2.05, 4.69) is 56.0 Å². The molecule has 2 nitrogen and oxygen atoms in total. The standard InChI is InChI=1S/C26H40N2S/c1-4-13-26(23(29)28-15-12-22(27)24(2,3)19-28)17-20-9-8-14-25(16-20,18-26)21-10-6-5-7-11-21/h5-7,10-11,20,22H,4,8-9,12-19,27H2,1-3H3/t20?,22-,25+,26?/m0/s1. The Morgan fingerprint density at radius 2 is 1.93 bits per heavy atom. The molecular weight excluding hydrogens is 372 g/mol. The summed E-state index contributed by atoms with van der Waals surface area (Å²) in [6, 6.07) is 11.7. The number of nitrogens with two attached hydrogens (primary N) is 1. The highest BCUT2D eigenvalue weighted by atomic mass is 32.1. The van der Waals surface area contributed by atoms with Crippen molar-refractivity contribution in [1.82, 2.24) is 4.90 Å². The molecule has 2 saturated carbocycles. The van der Waals surface area contributed by atoms with E-state index in [1.54, 1.807) is 5.56 Å². The van der Waals surface area contributed by atoms with Gasteiger partial charge in [-0.15, -0.1) is 0 Å². The van der Waals surface area contributed by atoms with E-state index in [0.717, 1.165) is 25.4 Å². The number of hydrogen-bond donors (Lipinski definition) is 1. The molecule has 0 aromatic heterocycles. The molecule has 4 atom stereocenters. The summed E-state index contributed by atoms with van der Waals surface area (Å²) in [5, 5.41) is 0. The fraction of sp³-hybridized carbons (Fsp3) is 0.731. The van der Waals surface area contributed by atoms with Crippen molar-refractivity contribution >= 4 is 17.2 Å². The first-order valence-corrected chi connectivity index (χ1v) is 12.3. The van der Waals surface area contributed by atoms with Crippen LogP contribution in [0.25, 0.3) is 0 Å². The second-order valence-electron chi connectivity index (χ2n) is 11.1. The van der Waals surface area contributed by atoms with Crippen LogP contribution >= 0.6 is 12.2 Å². The number of nitrogens with zero attached hydrogens (tertiary/aromatic N) is 1. The molecule has 1 aromatic rings. The Balaban J connectivity index is 1.68. The lowest BCUT2D eigenvalue weighted by Gasteiger charge is -2.57. The Hall–Kier alpha value is -0.930. The molecule has 0 radical (unpaired) electrons. The predicted molar refractivity (Wildman–Crippen MR) is 127 cm³/mol. The van der Waals surface area contributed by atoms with Gasteiger partial charge < -0.3 is 10.6 Å². The van der Waals surface area contributed by atoms with Gasteiger partial charge in [-0.05, 0) is 60.8 Å². The lowest BCUT2D eigenvalue weighted by Crippen LogP contribution is -2.58. The average molecular weight is 413 g/mol. The summed E-state index contributed by atoms with van der Waals surface area (Å²) in [4.78, 5) is 3.83. The van der Waals surface area contributed by atoms with Crippen molar-refractivity contribution in [2.24, 2.45) is 22.5 Å². The van der Waals surface area contributed by atoms with E-state index in [1.807, 2.05) is 0 Å². The van der Waals surface area contributed by atoms with Crippen molar-refractivity contribution in [2.75, 3.05) is 13.1 Å². The maximum absolute atomic E-state index is 6.45. The van der Waals surface area contributed by atoms with Crippen molar-refractivity contribution in [3.05, 3.63) is 35.9 Å². The molecule has 4 rings (SSSR count). The summed E-state index contributed by atoms with van der Waals surface area (Å²) in [7, 11) is 0. The van der Waals surface area contributed by atoms with Crippen LogP contribution in [0.5, 0.6) is 0 Å². The molecule has 2 unspecified atom stereocenters. The van der Waals surface area contributed by atoms with Crippen LogP contribution in [0.4, 0.5) is 0 Å². The molecule has 160 valence electrons. The second kappa shape index (κ2) is 7.96. The zero-order valence-electron chi connectivity index (χ0n) is 18.8. The number of fused-ring (bicyclic) bond motifs is 2. The zero-order chi connectivity index (χ0) is 20.7. The van der Waals surface area contributed by atoms with Gasteiger partial charge in [-0.1, -0.05) is 82.6 Å². The third kappa shape index (κ3) is 3.90. The fourth-order valence-electron chi connectivity index (χ4n) is 7.07. The van der Waals surface area contributed by atoms with Gasteiger partial charge in [0.1, 0.15) is 0 Å². The molecular formula is C26H40N2S. The maximum atomic E-state index is 6.45. The summed E-state index contributed by atoms with van der Waals surface area (Å²) in [5.74, 6) is 0.822. The van der Waals surface area contributed by atoms with E-state index < -0.39 is 0 Å². The van der Waals surface area contributed by atoms with E-state index in [4.69, 9.17) is 18.0 Å². The Kier molecular flexibility index (Phi) is 5.85. The highest BCUT2D eigenvalue weighted by Crippen LogP contribution is 2.59. The van der Waals surface area contributed by atoms with Crippen LogP contribution < -0.4 is 5.73 Å². The monoisotopic (exact) mass is 412 g/mol. The first kappa shape index (κ1) is 21.3. The summed E-state index contributed by atoms with van der Waals surface area (Å²) in [6.45, 7) is 9.04. The summed E-state index contributed by atoms with van der Waals surface area (Å²) in [5.41, 5.74) is 8.65. The molecule has 0 amide bonds. The van der Waals surface area contributed by atoms with Gasteiger partial charge in [0.25, 0.3) is 0 Å². The lowest BCUT2D eigenvalue weighted by molar-refractivity contribution is 0.0534. The smallest absolute Gasteiger partial charge is 0.0842 e. The number of benzene rings is 1.